The third kappa shape index (κ3) is 2.49. The molecule has 13 heavy (non-hydrogen) atoms. The van der Waals surface area contributed by atoms with E-state index >= 15 is 0 Å². The van der Waals surface area contributed by atoms with Crippen LogP contribution in [0.25, 0.3) is 0 Å². The van der Waals surface area contributed by atoms with Gasteiger partial charge < -0.3 is 11.5 Å². The quantitative estimate of drug-likeness (QED) is 0.734. The molecule has 0 aromatic carbocycles. The molecule has 0 aliphatic heterocycles. The van der Waals surface area contributed by atoms with Gasteiger partial charge in [-0.25, -0.2) is 4.98 Å². The lowest BCUT2D eigenvalue weighted by molar-refractivity contribution is 0.779. The number of hydrogen-bond acceptors (Lipinski definition) is 3. The minimum Gasteiger partial charge on any atom is -0.397 e. The summed E-state index contributed by atoms with van der Waals surface area (Å²) in [6.07, 6.45) is 3.00. The predicted molar refractivity (Wildman–Crippen MR) is 56.7 cm³/mol. The molecule has 1 aromatic rings. The number of nitrogen functional groups attached to an aromatic ring is 2. The summed E-state index contributed by atoms with van der Waals surface area (Å²) in [5.74, 6) is 0. The van der Waals surface area contributed by atoms with Crippen LogP contribution in [0.5, 0.6) is 0 Å². The molecule has 0 bridgehead atoms. The van der Waals surface area contributed by atoms with Gasteiger partial charge in [0.05, 0.1) is 17.1 Å². The molecule has 0 aliphatic carbocycles. The van der Waals surface area contributed by atoms with E-state index in [4.69, 9.17) is 23.1 Å². The van der Waals surface area contributed by atoms with Crippen LogP contribution >= 0.6 is 11.6 Å². The van der Waals surface area contributed by atoms with Gasteiger partial charge in [0.15, 0.2) is 0 Å². The van der Waals surface area contributed by atoms with E-state index in [1.54, 1.807) is 6.07 Å². The van der Waals surface area contributed by atoms with Crippen molar-refractivity contribution >= 4 is 23.0 Å². The summed E-state index contributed by atoms with van der Waals surface area (Å²) in [5, 5.41) is 0.415. The standard InChI is InChI=1S/C9H14ClN3/c1-2-3-4-7-9(12)6(11)5-8(10)13-7/h5H,2-4,12H2,1H3,(H2,11,13). The first-order chi connectivity index (χ1) is 6.15. The summed E-state index contributed by atoms with van der Waals surface area (Å²) in [5.41, 5.74) is 13.3. The lowest BCUT2D eigenvalue weighted by Gasteiger charge is -2.06. The molecule has 72 valence electrons. The maximum atomic E-state index is 5.75. The van der Waals surface area contributed by atoms with Gasteiger partial charge in [-0.2, -0.15) is 0 Å². The smallest absolute Gasteiger partial charge is 0.131 e. The molecular formula is C9H14ClN3. The highest BCUT2D eigenvalue weighted by molar-refractivity contribution is 6.29. The van der Waals surface area contributed by atoms with Crippen molar-refractivity contribution in [2.24, 2.45) is 0 Å². The van der Waals surface area contributed by atoms with Gasteiger partial charge in [0.2, 0.25) is 0 Å². The van der Waals surface area contributed by atoms with Crippen molar-refractivity contribution in [2.45, 2.75) is 26.2 Å². The van der Waals surface area contributed by atoms with Crippen LogP contribution in [0.4, 0.5) is 11.4 Å². The molecule has 0 saturated heterocycles. The van der Waals surface area contributed by atoms with E-state index in [-0.39, 0.29) is 0 Å². The van der Waals surface area contributed by atoms with Crippen molar-refractivity contribution in [1.82, 2.24) is 4.98 Å². The predicted octanol–water partition coefficient (Wildman–Crippen LogP) is 2.24. The molecule has 0 atom stereocenters. The average molecular weight is 200 g/mol. The monoisotopic (exact) mass is 199 g/mol. The number of halogens is 1. The second-order valence-corrected chi connectivity index (χ2v) is 3.39. The van der Waals surface area contributed by atoms with Crippen LogP contribution in [0.1, 0.15) is 25.5 Å². The summed E-state index contributed by atoms with van der Waals surface area (Å²) in [6, 6.07) is 1.58. The molecule has 0 amide bonds. The summed E-state index contributed by atoms with van der Waals surface area (Å²) in [4.78, 5) is 4.13. The topological polar surface area (TPSA) is 64.9 Å². The zero-order chi connectivity index (χ0) is 9.84. The molecule has 1 heterocycles. The van der Waals surface area contributed by atoms with Crippen molar-refractivity contribution < 1.29 is 0 Å². The van der Waals surface area contributed by atoms with Crippen LogP contribution in [-0.2, 0) is 6.42 Å². The Morgan fingerprint density at radius 1 is 1.46 bits per heavy atom. The molecule has 0 spiro atoms. The molecule has 1 rings (SSSR count). The van der Waals surface area contributed by atoms with E-state index in [0.29, 0.717) is 16.5 Å². The lowest BCUT2D eigenvalue weighted by Crippen LogP contribution is -2.03. The fourth-order valence-corrected chi connectivity index (χ4v) is 1.35. The molecule has 0 fully saturated rings. The zero-order valence-corrected chi connectivity index (χ0v) is 8.43. The van der Waals surface area contributed by atoms with Crippen molar-refractivity contribution in [2.75, 3.05) is 11.5 Å². The maximum absolute atomic E-state index is 5.75. The molecule has 4 heteroatoms. The summed E-state index contributed by atoms with van der Waals surface area (Å²) >= 11 is 5.75. The van der Waals surface area contributed by atoms with Crippen LogP contribution in [0.3, 0.4) is 0 Å². The summed E-state index contributed by atoms with van der Waals surface area (Å²) < 4.78 is 0. The van der Waals surface area contributed by atoms with Crippen LogP contribution in [-0.4, -0.2) is 4.98 Å². The minimum atomic E-state index is 0.415. The van der Waals surface area contributed by atoms with Gasteiger partial charge in [-0.3, -0.25) is 0 Å². The fraction of sp³-hybridized carbons (Fsp3) is 0.444. The molecule has 3 nitrogen and oxygen atoms in total. The van der Waals surface area contributed by atoms with E-state index in [2.05, 4.69) is 11.9 Å². The van der Waals surface area contributed by atoms with E-state index in [1.807, 2.05) is 0 Å². The number of nitrogens with two attached hydrogens (primary N) is 2. The summed E-state index contributed by atoms with van der Waals surface area (Å²) in [7, 11) is 0. The highest BCUT2D eigenvalue weighted by atomic mass is 35.5. The van der Waals surface area contributed by atoms with E-state index in [9.17, 15) is 0 Å². The van der Waals surface area contributed by atoms with Gasteiger partial charge in [-0.15, -0.1) is 0 Å². The maximum Gasteiger partial charge on any atom is 0.131 e. The number of aryl methyl sites for hydroxylation is 1. The number of aromatic nitrogens is 1. The Hall–Kier alpha value is -0.960. The first-order valence-electron chi connectivity index (χ1n) is 4.35. The average Bonchev–Trinajstić information content (AvgIpc) is 2.09. The van der Waals surface area contributed by atoms with Crippen LogP contribution < -0.4 is 11.5 Å². The Morgan fingerprint density at radius 2 is 2.15 bits per heavy atom. The second kappa shape index (κ2) is 4.33. The first-order valence-corrected chi connectivity index (χ1v) is 4.73. The Bertz CT molecular complexity index is 299. The fourth-order valence-electron chi connectivity index (χ4n) is 1.13. The normalized spacial score (nSPS) is 10.3. The van der Waals surface area contributed by atoms with Crippen LogP contribution in [0, 0.1) is 0 Å². The molecule has 0 unspecified atom stereocenters. The highest BCUT2D eigenvalue weighted by Gasteiger charge is 2.05. The first kappa shape index (κ1) is 10.1. The van der Waals surface area contributed by atoms with Crippen molar-refractivity contribution in [3.63, 3.8) is 0 Å². The Balaban J connectivity index is 2.92. The third-order valence-corrected chi connectivity index (χ3v) is 2.10. The Morgan fingerprint density at radius 3 is 2.77 bits per heavy atom. The van der Waals surface area contributed by atoms with Crippen molar-refractivity contribution in [1.29, 1.82) is 0 Å². The number of hydrogen-bond donors (Lipinski definition) is 2. The molecular weight excluding hydrogens is 186 g/mol. The number of nitrogens with zero attached hydrogens (tertiary/aromatic N) is 1. The van der Waals surface area contributed by atoms with Gasteiger partial charge in [-0.1, -0.05) is 24.9 Å². The molecule has 0 radical (unpaired) electrons. The van der Waals surface area contributed by atoms with Crippen molar-refractivity contribution in [3.05, 3.63) is 16.9 Å². The highest BCUT2D eigenvalue weighted by Crippen LogP contribution is 2.23. The van der Waals surface area contributed by atoms with Gasteiger partial charge >= 0.3 is 0 Å². The molecule has 0 saturated carbocycles. The zero-order valence-electron chi connectivity index (χ0n) is 7.68. The Labute approximate surface area is 83.1 Å². The van der Waals surface area contributed by atoms with Gasteiger partial charge in [0, 0.05) is 6.07 Å². The Kier molecular flexibility index (Phi) is 3.37. The number of pyridine rings is 1. The van der Waals surface area contributed by atoms with E-state index < -0.39 is 0 Å². The van der Waals surface area contributed by atoms with Gasteiger partial charge in [-0.05, 0) is 12.8 Å². The SMILES string of the molecule is CCCCc1nc(Cl)cc(N)c1N. The number of unbranched alkanes of at least 4 members (excludes halogenated alkanes) is 1. The van der Waals surface area contributed by atoms with Gasteiger partial charge in [0.25, 0.3) is 0 Å². The molecule has 1 aromatic heterocycles. The van der Waals surface area contributed by atoms with Gasteiger partial charge in [0.1, 0.15) is 5.15 Å². The molecule has 4 N–H and O–H groups in total. The number of rotatable bonds is 3. The van der Waals surface area contributed by atoms with E-state index in [1.165, 1.54) is 0 Å². The van der Waals surface area contributed by atoms with E-state index in [0.717, 1.165) is 25.0 Å². The van der Waals surface area contributed by atoms with Crippen LogP contribution in [0.2, 0.25) is 5.15 Å². The van der Waals surface area contributed by atoms with Crippen molar-refractivity contribution in [3.8, 4) is 0 Å². The number of anilines is 2. The van der Waals surface area contributed by atoms with Crippen LogP contribution in [0.15, 0.2) is 6.07 Å². The lowest BCUT2D eigenvalue weighted by atomic mass is 10.1. The second-order valence-electron chi connectivity index (χ2n) is 3.00. The minimum absolute atomic E-state index is 0.415. The third-order valence-electron chi connectivity index (χ3n) is 1.91. The summed E-state index contributed by atoms with van der Waals surface area (Å²) in [6.45, 7) is 2.12. The largest absolute Gasteiger partial charge is 0.397 e. The molecule has 0 aliphatic rings.